The average molecular weight is 419 g/mol. The zero-order chi connectivity index (χ0) is 17.9. The Kier molecular flexibility index (Phi) is 5.92. The molecule has 0 spiro atoms. The molecule has 0 N–H and O–H groups in total. The van der Waals surface area contributed by atoms with Gasteiger partial charge in [-0.2, -0.15) is 0 Å². The van der Waals surface area contributed by atoms with E-state index in [1.54, 1.807) is 0 Å². The Hall–Kier alpha value is -2.65. The predicted octanol–water partition coefficient (Wildman–Crippen LogP) is 7.30. The predicted molar refractivity (Wildman–Crippen MR) is 119 cm³/mol. The third kappa shape index (κ3) is 3.60. The van der Waals surface area contributed by atoms with Crippen molar-refractivity contribution in [3.8, 4) is 33.9 Å². The van der Waals surface area contributed by atoms with Crippen molar-refractivity contribution in [2.45, 2.75) is 20.9 Å². The zero-order valence-corrected chi connectivity index (χ0v) is 16.1. The largest absolute Gasteiger partial charge is 0.324 e. The maximum atomic E-state index is 5.09. The molecule has 3 aromatic carbocycles. The first kappa shape index (κ1) is 19.1. The molecule has 136 valence electrons. The van der Waals surface area contributed by atoms with Gasteiger partial charge in [0.2, 0.25) is 0 Å². The van der Waals surface area contributed by atoms with E-state index in [2.05, 4.69) is 94.2 Å². The van der Waals surface area contributed by atoms with Crippen LogP contribution in [0.4, 0.5) is 0 Å². The molecule has 0 bridgehead atoms. The summed E-state index contributed by atoms with van der Waals surface area (Å²) in [6, 6.07) is 29.2. The second-order valence-electron chi connectivity index (χ2n) is 6.09. The van der Waals surface area contributed by atoms with Crippen LogP contribution in [0.2, 0.25) is 0 Å². The third-order valence-corrected chi connectivity index (χ3v) is 5.18. The smallest absolute Gasteiger partial charge is 0.142 e. The molecule has 1 heterocycles. The van der Waals surface area contributed by atoms with Crippen LogP contribution in [0.25, 0.3) is 33.9 Å². The summed E-state index contributed by atoms with van der Waals surface area (Å²) in [5.41, 5.74) is 5.59. The minimum absolute atomic E-state index is 0. The molecule has 3 heteroatoms. The van der Waals surface area contributed by atoms with Crippen LogP contribution in [0.5, 0.6) is 0 Å². The number of imidazole rings is 1. The van der Waals surface area contributed by atoms with Gasteiger partial charge in [0.1, 0.15) is 5.82 Å². The molecule has 27 heavy (non-hydrogen) atoms. The van der Waals surface area contributed by atoms with Crippen LogP contribution in [0.3, 0.4) is 0 Å². The lowest BCUT2D eigenvalue weighted by Gasteiger charge is -2.11. The van der Waals surface area contributed by atoms with Crippen molar-refractivity contribution in [2.24, 2.45) is 0 Å². The lowest BCUT2D eigenvalue weighted by atomic mass is 10.0. The van der Waals surface area contributed by atoms with Gasteiger partial charge in [-0.15, -0.1) is 0 Å². The summed E-state index contributed by atoms with van der Waals surface area (Å²) in [6.07, 6.45) is 0. The van der Waals surface area contributed by atoms with Crippen molar-refractivity contribution < 1.29 is 0 Å². The number of aromatic nitrogens is 2. The number of halogens is 1. The summed E-state index contributed by atoms with van der Waals surface area (Å²) in [6.45, 7) is 3.02. The maximum Gasteiger partial charge on any atom is 0.142 e. The highest BCUT2D eigenvalue weighted by atomic mass is 79.9. The minimum Gasteiger partial charge on any atom is -0.324 e. The Morgan fingerprint density at radius 3 is 1.93 bits per heavy atom. The van der Waals surface area contributed by atoms with Gasteiger partial charge in [0.05, 0.1) is 11.4 Å². The van der Waals surface area contributed by atoms with Crippen molar-refractivity contribution in [1.82, 2.24) is 9.55 Å². The third-order valence-electron chi connectivity index (χ3n) is 4.49. The summed E-state index contributed by atoms with van der Waals surface area (Å²) in [5, 5.41) is 0. The number of hydrogen-bond acceptors (Lipinski definition) is 1. The summed E-state index contributed by atoms with van der Waals surface area (Å²) in [4.78, 5) is 5.09. The molecule has 2 nitrogen and oxygen atoms in total. The van der Waals surface area contributed by atoms with Gasteiger partial charge in [-0.25, -0.2) is 4.98 Å². The van der Waals surface area contributed by atoms with Crippen LogP contribution in [0, 0.1) is 0 Å². The fourth-order valence-corrected chi connectivity index (χ4v) is 3.76. The van der Waals surface area contributed by atoms with E-state index >= 15 is 0 Å². The van der Waals surface area contributed by atoms with Gasteiger partial charge in [0.15, 0.2) is 0 Å². The van der Waals surface area contributed by atoms with Gasteiger partial charge in [-0.1, -0.05) is 102 Å². The highest BCUT2D eigenvalue weighted by Crippen LogP contribution is 2.37. The van der Waals surface area contributed by atoms with E-state index in [0.717, 1.165) is 39.4 Å². The molecule has 0 saturated carbocycles. The molecule has 0 saturated heterocycles. The average Bonchev–Trinajstić information content (AvgIpc) is 3.09. The van der Waals surface area contributed by atoms with Gasteiger partial charge < -0.3 is 4.57 Å². The van der Waals surface area contributed by atoms with Crippen LogP contribution in [0.1, 0.15) is 14.4 Å². The van der Waals surface area contributed by atoms with Crippen LogP contribution in [-0.4, -0.2) is 9.55 Å². The Bertz CT molecular complexity index is 1020. The topological polar surface area (TPSA) is 17.8 Å². The quantitative estimate of drug-likeness (QED) is 0.339. The molecule has 0 fully saturated rings. The van der Waals surface area contributed by atoms with Crippen LogP contribution in [-0.2, 0) is 6.54 Å². The normalized spacial score (nSPS) is 10.4. The van der Waals surface area contributed by atoms with Crippen LogP contribution >= 0.6 is 15.9 Å². The van der Waals surface area contributed by atoms with Gasteiger partial charge >= 0.3 is 0 Å². The SMILES string of the molecule is C.CCn1c(-c2ccccc2Br)nc(-c2ccccc2)c1-c1ccccc1. The first-order valence-corrected chi connectivity index (χ1v) is 9.55. The maximum absolute atomic E-state index is 5.09. The Morgan fingerprint density at radius 1 is 0.778 bits per heavy atom. The lowest BCUT2D eigenvalue weighted by molar-refractivity contribution is 0.778. The lowest BCUT2D eigenvalue weighted by Crippen LogP contribution is -2.00. The first-order valence-electron chi connectivity index (χ1n) is 8.76. The highest BCUT2D eigenvalue weighted by Gasteiger charge is 2.21. The van der Waals surface area contributed by atoms with Gasteiger partial charge in [-0.05, 0) is 13.0 Å². The van der Waals surface area contributed by atoms with Crippen molar-refractivity contribution in [3.05, 3.63) is 89.4 Å². The van der Waals surface area contributed by atoms with Crippen molar-refractivity contribution in [1.29, 1.82) is 0 Å². The second-order valence-corrected chi connectivity index (χ2v) is 6.94. The van der Waals surface area contributed by atoms with Gasteiger partial charge in [0.25, 0.3) is 0 Å². The van der Waals surface area contributed by atoms with E-state index in [9.17, 15) is 0 Å². The molecule has 0 aliphatic heterocycles. The number of nitrogens with zero attached hydrogens (tertiary/aromatic N) is 2. The molecule has 0 atom stereocenters. The first-order chi connectivity index (χ1) is 12.8. The summed E-state index contributed by atoms with van der Waals surface area (Å²) in [5.74, 6) is 0.984. The number of benzene rings is 3. The molecule has 0 unspecified atom stereocenters. The number of hydrogen-bond donors (Lipinski definition) is 0. The standard InChI is InChI=1S/C23H19BrN2.CH4/c1-2-26-22(18-13-7-4-8-14-18)21(17-11-5-3-6-12-17)25-23(26)19-15-9-10-16-20(19)24;/h3-16H,2H2,1H3;1H4. The fraction of sp³-hybridized carbons (Fsp3) is 0.125. The summed E-state index contributed by atoms with van der Waals surface area (Å²) < 4.78 is 3.36. The molecule has 0 radical (unpaired) electrons. The molecule has 0 amide bonds. The Labute approximate surface area is 169 Å². The Balaban J connectivity index is 0.00000210. The second kappa shape index (κ2) is 8.36. The molecule has 1 aromatic heterocycles. The Morgan fingerprint density at radius 2 is 1.33 bits per heavy atom. The molecule has 4 aromatic rings. The van der Waals surface area contributed by atoms with E-state index in [1.807, 2.05) is 18.2 Å². The van der Waals surface area contributed by atoms with Gasteiger partial charge in [-0.3, -0.25) is 0 Å². The summed E-state index contributed by atoms with van der Waals surface area (Å²) in [7, 11) is 0. The van der Waals surface area contributed by atoms with E-state index in [-0.39, 0.29) is 7.43 Å². The zero-order valence-electron chi connectivity index (χ0n) is 14.6. The minimum atomic E-state index is 0. The number of rotatable bonds is 4. The van der Waals surface area contributed by atoms with E-state index in [4.69, 9.17) is 4.98 Å². The van der Waals surface area contributed by atoms with E-state index in [1.165, 1.54) is 5.56 Å². The molecule has 0 aliphatic rings. The van der Waals surface area contributed by atoms with Crippen molar-refractivity contribution >= 4 is 15.9 Å². The van der Waals surface area contributed by atoms with Crippen molar-refractivity contribution in [3.63, 3.8) is 0 Å². The molecular weight excluding hydrogens is 396 g/mol. The highest BCUT2D eigenvalue weighted by molar-refractivity contribution is 9.10. The fourth-order valence-electron chi connectivity index (χ4n) is 3.29. The molecular formula is C24H23BrN2. The van der Waals surface area contributed by atoms with Crippen molar-refractivity contribution in [2.75, 3.05) is 0 Å². The van der Waals surface area contributed by atoms with Crippen LogP contribution in [0.15, 0.2) is 89.4 Å². The van der Waals surface area contributed by atoms with E-state index in [0.29, 0.717) is 0 Å². The van der Waals surface area contributed by atoms with Gasteiger partial charge in [0, 0.05) is 27.7 Å². The molecule has 4 rings (SSSR count). The van der Waals surface area contributed by atoms with Crippen LogP contribution < -0.4 is 0 Å². The molecule has 0 aliphatic carbocycles. The summed E-state index contributed by atoms with van der Waals surface area (Å²) >= 11 is 3.69. The monoisotopic (exact) mass is 418 g/mol. The van der Waals surface area contributed by atoms with E-state index < -0.39 is 0 Å².